The van der Waals surface area contributed by atoms with E-state index in [1.54, 1.807) is 6.07 Å². The number of amides is 1. The number of hydrogen-bond acceptors (Lipinski definition) is 3. The van der Waals surface area contributed by atoms with Crippen LogP contribution in [0.5, 0.6) is 5.75 Å². The molecular formula is C19H21IN2O2S. The molecule has 2 N–H and O–H groups in total. The van der Waals surface area contributed by atoms with Gasteiger partial charge in [-0.3, -0.25) is 10.1 Å². The SMILES string of the molecule is Cc1ccc(C(=O)NC(=S)Nc2ccc(OCC(C)C)cc2)cc1I. The first-order valence-electron chi connectivity index (χ1n) is 7.96. The van der Waals surface area contributed by atoms with Gasteiger partial charge in [-0.2, -0.15) is 0 Å². The summed E-state index contributed by atoms with van der Waals surface area (Å²) in [5, 5.41) is 5.96. The standard InChI is InChI=1S/C19H21IN2O2S/c1-12(2)11-24-16-8-6-15(7-9-16)21-19(25)22-18(23)14-5-4-13(3)17(20)10-14/h4-10,12H,11H2,1-3H3,(H2,21,22,23,25). The van der Waals surface area contributed by atoms with E-state index < -0.39 is 0 Å². The van der Waals surface area contributed by atoms with E-state index in [0.717, 1.165) is 20.6 Å². The summed E-state index contributed by atoms with van der Waals surface area (Å²) < 4.78 is 6.68. The lowest BCUT2D eigenvalue weighted by Gasteiger charge is -2.12. The number of benzene rings is 2. The summed E-state index contributed by atoms with van der Waals surface area (Å²) in [7, 11) is 0. The minimum atomic E-state index is -0.229. The number of anilines is 1. The van der Waals surface area contributed by atoms with Crippen LogP contribution in [0, 0.1) is 16.4 Å². The molecular weight excluding hydrogens is 447 g/mol. The predicted octanol–water partition coefficient (Wildman–Crippen LogP) is 4.76. The van der Waals surface area contributed by atoms with Crippen molar-refractivity contribution in [2.45, 2.75) is 20.8 Å². The van der Waals surface area contributed by atoms with E-state index in [1.807, 2.05) is 43.3 Å². The first kappa shape index (κ1) is 19.7. The molecule has 2 aromatic rings. The molecule has 0 atom stereocenters. The molecule has 0 radical (unpaired) electrons. The molecule has 6 heteroatoms. The molecule has 0 heterocycles. The second kappa shape index (κ2) is 9.15. The highest BCUT2D eigenvalue weighted by atomic mass is 127. The van der Waals surface area contributed by atoms with Gasteiger partial charge in [0.05, 0.1) is 6.61 Å². The van der Waals surface area contributed by atoms with Gasteiger partial charge in [0.2, 0.25) is 0 Å². The third-order valence-electron chi connectivity index (χ3n) is 3.36. The van der Waals surface area contributed by atoms with Gasteiger partial charge in [0, 0.05) is 14.8 Å². The van der Waals surface area contributed by atoms with Gasteiger partial charge < -0.3 is 10.1 Å². The fraction of sp³-hybridized carbons (Fsp3) is 0.263. The summed E-state index contributed by atoms with van der Waals surface area (Å²) >= 11 is 7.42. The summed E-state index contributed by atoms with van der Waals surface area (Å²) in [6, 6.07) is 13.0. The molecule has 0 saturated carbocycles. The van der Waals surface area contributed by atoms with Crippen molar-refractivity contribution in [1.29, 1.82) is 0 Å². The van der Waals surface area contributed by atoms with Gasteiger partial charge >= 0.3 is 0 Å². The number of halogens is 1. The summed E-state index contributed by atoms with van der Waals surface area (Å²) in [6.07, 6.45) is 0. The third-order valence-corrected chi connectivity index (χ3v) is 4.72. The fourth-order valence-corrected chi connectivity index (χ4v) is 2.69. The zero-order valence-electron chi connectivity index (χ0n) is 14.4. The van der Waals surface area contributed by atoms with Gasteiger partial charge in [0.25, 0.3) is 5.91 Å². The number of nitrogens with one attached hydrogen (secondary N) is 2. The van der Waals surface area contributed by atoms with Crippen molar-refractivity contribution < 1.29 is 9.53 Å². The molecule has 0 saturated heterocycles. The maximum atomic E-state index is 12.2. The molecule has 2 aromatic carbocycles. The van der Waals surface area contributed by atoms with Gasteiger partial charge in [-0.1, -0.05) is 19.9 Å². The van der Waals surface area contributed by atoms with Gasteiger partial charge in [0.1, 0.15) is 5.75 Å². The van der Waals surface area contributed by atoms with Crippen molar-refractivity contribution in [3.05, 3.63) is 57.2 Å². The van der Waals surface area contributed by atoms with Crippen LogP contribution in [0.4, 0.5) is 5.69 Å². The van der Waals surface area contributed by atoms with E-state index in [1.165, 1.54) is 0 Å². The van der Waals surface area contributed by atoms with Gasteiger partial charge in [-0.15, -0.1) is 0 Å². The van der Waals surface area contributed by atoms with Crippen LogP contribution < -0.4 is 15.4 Å². The number of thiocarbonyl (C=S) groups is 1. The predicted molar refractivity (Wildman–Crippen MR) is 114 cm³/mol. The molecule has 0 spiro atoms. The highest BCUT2D eigenvalue weighted by Crippen LogP contribution is 2.17. The van der Waals surface area contributed by atoms with Crippen molar-refractivity contribution in [3.8, 4) is 5.75 Å². The van der Waals surface area contributed by atoms with Gasteiger partial charge in [-0.25, -0.2) is 0 Å². The number of aryl methyl sites for hydroxylation is 1. The van der Waals surface area contributed by atoms with Crippen LogP contribution in [0.1, 0.15) is 29.8 Å². The Balaban J connectivity index is 1.91. The number of carbonyl (C=O) groups excluding carboxylic acids is 1. The van der Waals surface area contributed by atoms with Crippen LogP contribution in [0.25, 0.3) is 0 Å². The van der Waals surface area contributed by atoms with Crippen molar-refractivity contribution >= 4 is 51.5 Å². The molecule has 4 nitrogen and oxygen atoms in total. The molecule has 0 bridgehead atoms. The van der Waals surface area contributed by atoms with Gasteiger partial charge in [0.15, 0.2) is 5.11 Å². The zero-order chi connectivity index (χ0) is 18.4. The molecule has 132 valence electrons. The molecule has 2 rings (SSSR count). The molecule has 0 unspecified atom stereocenters. The molecule has 0 fully saturated rings. The number of rotatable bonds is 5. The Kier molecular flexibility index (Phi) is 7.19. The summed E-state index contributed by atoms with van der Waals surface area (Å²) in [6.45, 7) is 6.89. The molecule has 25 heavy (non-hydrogen) atoms. The Bertz CT molecular complexity index is 761. The average molecular weight is 468 g/mol. The van der Waals surface area contributed by atoms with E-state index in [9.17, 15) is 4.79 Å². The van der Waals surface area contributed by atoms with Crippen LogP contribution in [0.15, 0.2) is 42.5 Å². The first-order chi connectivity index (χ1) is 11.8. The second-order valence-electron chi connectivity index (χ2n) is 6.10. The normalized spacial score (nSPS) is 10.4. The van der Waals surface area contributed by atoms with Gasteiger partial charge in [-0.05, 0) is 89.6 Å². The average Bonchev–Trinajstić information content (AvgIpc) is 2.56. The number of hydrogen-bond donors (Lipinski definition) is 2. The Morgan fingerprint density at radius 3 is 2.48 bits per heavy atom. The third kappa shape index (κ3) is 6.28. The van der Waals surface area contributed by atoms with Crippen LogP contribution >= 0.6 is 34.8 Å². The van der Waals surface area contributed by atoms with Crippen LogP contribution in [0.2, 0.25) is 0 Å². The number of ether oxygens (including phenoxy) is 1. The maximum Gasteiger partial charge on any atom is 0.257 e. The largest absolute Gasteiger partial charge is 0.493 e. The first-order valence-corrected chi connectivity index (χ1v) is 9.45. The van der Waals surface area contributed by atoms with E-state index in [4.69, 9.17) is 17.0 Å². The van der Waals surface area contributed by atoms with Crippen LogP contribution in [-0.2, 0) is 0 Å². The summed E-state index contributed by atoms with van der Waals surface area (Å²) in [5.41, 5.74) is 2.51. The molecule has 0 aromatic heterocycles. The topological polar surface area (TPSA) is 50.4 Å². The summed E-state index contributed by atoms with van der Waals surface area (Å²) in [5.74, 6) is 1.06. The smallest absolute Gasteiger partial charge is 0.257 e. The highest BCUT2D eigenvalue weighted by molar-refractivity contribution is 14.1. The van der Waals surface area contributed by atoms with Crippen LogP contribution in [-0.4, -0.2) is 17.6 Å². The van der Waals surface area contributed by atoms with Crippen molar-refractivity contribution in [2.75, 3.05) is 11.9 Å². The number of carbonyl (C=O) groups is 1. The Morgan fingerprint density at radius 1 is 1.20 bits per heavy atom. The Morgan fingerprint density at radius 2 is 1.88 bits per heavy atom. The van der Waals surface area contributed by atoms with E-state index >= 15 is 0 Å². The zero-order valence-corrected chi connectivity index (χ0v) is 17.4. The fourth-order valence-electron chi connectivity index (χ4n) is 1.97. The second-order valence-corrected chi connectivity index (χ2v) is 7.67. The quantitative estimate of drug-likeness (QED) is 0.491. The van der Waals surface area contributed by atoms with Crippen molar-refractivity contribution in [3.63, 3.8) is 0 Å². The molecule has 0 aliphatic rings. The maximum absolute atomic E-state index is 12.2. The molecule has 0 aliphatic heterocycles. The van der Waals surface area contributed by atoms with E-state index in [0.29, 0.717) is 18.1 Å². The minimum absolute atomic E-state index is 0.229. The van der Waals surface area contributed by atoms with E-state index in [-0.39, 0.29) is 11.0 Å². The molecule has 1 amide bonds. The van der Waals surface area contributed by atoms with Crippen molar-refractivity contribution in [1.82, 2.24) is 5.32 Å². The lowest BCUT2D eigenvalue weighted by molar-refractivity contribution is 0.0977. The van der Waals surface area contributed by atoms with E-state index in [2.05, 4.69) is 47.1 Å². The minimum Gasteiger partial charge on any atom is -0.493 e. The highest BCUT2D eigenvalue weighted by Gasteiger charge is 2.09. The Hall–Kier alpha value is -1.67. The lowest BCUT2D eigenvalue weighted by Crippen LogP contribution is -2.34. The van der Waals surface area contributed by atoms with Crippen molar-refractivity contribution in [2.24, 2.45) is 5.92 Å². The summed E-state index contributed by atoms with van der Waals surface area (Å²) in [4.78, 5) is 12.2. The lowest BCUT2D eigenvalue weighted by atomic mass is 10.1. The van der Waals surface area contributed by atoms with Crippen LogP contribution in [0.3, 0.4) is 0 Å². The Labute approximate surface area is 167 Å². The monoisotopic (exact) mass is 468 g/mol. The molecule has 0 aliphatic carbocycles.